The molecule has 2 N–H and O–H groups in total. The highest BCUT2D eigenvalue weighted by Crippen LogP contribution is 2.23. The Bertz CT molecular complexity index is 815. The number of hydrogen-bond acceptors (Lipinski definition) is 3. The predicted octanol–water partition coefficient (Wildman–Crippen LogP) is 2.99. The van der Waals surface area contributed by atoms with Gasteiger partial charge in [0.25, 0.3) is 10.4 Å². The molecule has 0 bridgehead atoms. The molecule has 0 fully saturated rings. The van der Waals surface area contributed by atoms with Crippen LogP contribution in [0.4, 0.5) is 0 Å². The van der Waals surface area contributed by atoms with Crippen molar-refractivity contribution in [2.24, 2.45) is 0 Å². The van der Waals surface area contributed by atoms with Crippen molar-refractivity contribution >= 4 is 45.8 Å². The maximum atomic E-state index is 11.7. The van der Waals surface area contributed by atoms with Gasteiger partial charge in [-0.3, -0.25) is 4.79 Å². The largest absolute Gasteiger partial charge is 0.428 e. The fourth-order valence-corrected chi connectivity index (χ4v) is 2.04. The van der Waals surface area contributed by atoms with E-state index in [1.165, 1.54) is 0 Å². The standard InChI is InChI=1S/C10H5ClN2O2S/c11-4-1-2-5-6(3-4)12-9(14)7-8(5)15-10(16)13-7/h1-3H,(H,12,14)(H,13,16). The van der Waals surface area contributed by atoms with E-state index >= 15 is 0 Å². The van der Waals surface area contributed by atoms with Crippen molar-refractivity contribution in [2.75, 3.05) is 0 Å². The van der Waals surface area contributed by atoms with Crippen LogP contribution in [0.25, 0.3) is 22.0 Å². The molecule has 0 atom stereocenters. The summed E-state index contributed by atoms with van der Waals surface area (Å²) < 4.78 is 5.30. The number of aromatic nitrogens is 2. The predicted molar refractivity (Wildman–Crippen MR) is 64.5 cm³/mol. The molecule has 1 aromatic carbocycles. The van der Waals surface area contributed by atoms with Crippen LogP contribution in [0.5, 0.6) is 0 Å². The summed E-state index contributed by atoms with van der Waals surface area (Å²) in [5.41, 5.74) is 1.16. The third-order valence-corrected chi connectivity index (χ3v) is 2.77. The second kappa shape index (κ2) is 3.20. The number of hydrogen-bond donors (Lipinski definition) is 2. The Morgan fingerprint density at radius 3 is 2.94 bits per heavy atom. The molecule has 2 heterocycles. The zero-order valence-corrected chi connectivity index (χ0v) is 9.41. The molecule has 2 aromatic heterocycles. The molecular formula is C10H5ClN2O2S. The minimum atomic E-state index is -0.274. The Kier molecular flexibility index (Phi) is 1.92. The molecule has 0 radical (unpaired) electrons. The van der Waals surface area contributed by atoms with Crippen molar-refractivity contribution in [3.05, 3.63) is 38.4 Å². The van der Waals surface area contributed by atoms with Gasteiger partial charge >= 0.3 is 0 Å². The molecule has 0 saturated heterocycles. The number of rotatable bonds is 0. The van der Waals surface area contributed by atoms with Crippen LogP contribution in [0.1, 0.15) is 0 Å². The molecular weight excluding hydrogens is 248 g/mol. The lowest BCUT2D eigenvalue weighted by molar-refractivity contribution is 0.586. The summed E-state index contributed by atoms with van der Waals surface area (Å²) in [6, 6.07) is 5.18. The van der Waals surface area contributed by atoms with Crippen LogP contribution in [-0.4, -0.2) is 9.97 Å². The monoisotopic (exact) mass is 252 g/mol. The van der Waals surface area contributed by atoms with Gasteiger partial charge in [-0.2, -0.15) is 0 Å². The summed E-state index contributed by atoms with van der Waals surface area (Å²) in [6.45, 7) is 0. The van der Waals surface area contributed by atoms with Gasteiger partial charge in [0.05, 0.1) is 5.52 Å². The maximum Gasteiger partial charge on any atom is 0.276 e. The molecule has 0 unspecified atom stereocenters. The highest BCUT2D eigenvalue weighted by molar-refractivity contribution is 7.71. The van der Waals surface area contributed by atoms with Crippen LogP contribution in [0.15, 0.2) is 27.4 Å². The Balaban J connectivity index is 2.68. The first-order chi connectivity index (χ1) is 7.65. The van der Waals surface area contributed by atoms with Gasteiger partial charge in [-0.1, -0.05) is 11.6 Å². The SMILES string of the molecule is O=c1[nH]c2cc(Cl)ccc2c2oc(=S)[nH]c12. The van der Waals surface area contributed by atoms with E-state index in [0.29, 0.717) is 21.6 Å². The van der Waals surface area contributed by atoms with E-state index in [2.05, 4.69) is 9.97 Å². The van der Waals surface area contributed by atoms with Gasteiger partial charge in [-0.05, 0) is 30.4 Å². The van der Waals surface area contributed by atoms with E-state index in [4.69, 9.17) is 28.2 Å². The van der Waals surface area contributed by atoms with Crippen LogP contribution >= 0.6 is 23.8 Å². The maximum absolute atomic E-state index is 11.7. The zero-order chi connectivity index (χ0) is 11.3. The molecule has 3 rings (SSSR count). The fourth-order valence-electron chi connectivity index (χ4n) is 1.68. The van der Waals surface area contributed by atoms with E-state index in [1.54, 1.807) is 18.2 Å². The Hall–Kier alpha value is -1.59. The van der Waals surface area contributed by atoms with E-state index in [9.17, 15) is 4.79 Å². The molecule has 0 spiro atoms. The van der Waals surface area contributed by atoms with E-state index in [-0.39, 0.29) is 10.4 Å². The average Bonchev–Trinajstić information content (AvgIpc) is 2.60. The van der Waals surface area contributed by atoms with Crippen molar-refractivity contribution in [2.45, 2.75) is 0 Å². The van der Waals surface area contributed by atoms with Crippen LogP contribution in [0.3, 0.4) is 0 Å². The van der Waals surface area contributed by atoms with Gasteiger partial charge in [0, 0.05) is 10.4 Å². The molecule has 0 amide bonds. The number of oxazole rings is 1. The Morgan fingerprint density at radius 1 is 1.31 bits per heavy atom. The van der Waals surface area contributed by atoms with Crippen LogP contribution in [-0.2, 0) is 0 Å². The highest BCUT2D eigenvalue weighted by Gasteiger charge is 2.09. The van der Waals surface area contributed by atoms with Crippen LogP contribution in [0.2, 0.25) is 5.02 Å². The highest BCUT2D eigenvalue weighted by atomic mass is 35.5. The third kappa shape index (κ3) is 1.29. The quantitative estimate of drug-likeness (QED) is 0.605. The summed E-state index contributed by atoms with van der Waals surface area (Å²) in [5.74, 6) is 0. The van der Waals surface area contributed by atoms with Crippen molar-refractivity contribution in [1.82, 2.24) is 9.97 Å². The molecule has 3 aromatic rings. The second-order valence-electron chi connectivity index (χ2n) is 3.36. The van der Waals surface area contributed by atoms with Gasteiger partial charge in [-0.25, -0.2) is 0 Å². The summed E-state index contributed by atoms with van der Waals surface area (Å²) >= 11 is 10.7. The lowest BCUT2D eigenvalue weighted by Crippen LogP contribution is -2.05. The molecule has 4 nitrogen and oxygen atoms in total. The number of nitrogens with one attached hydrogen (secondary N) is 2. The lowest BCUT2D eigenvalue weighted by atomic mass is 10.2. The zero-order valence-electron chi connectivity index (χ0n) is 7.83. The van der Waals surface area contributed by atoms with Crippen LogP contribution in [0, 0.1) is 4.84 Å². The molecule has 0 aliphatic heterocycles. The topological polar surface area (TPSA) is 61.8 Å². The molecule has 6 heteroatoms. The van der Waals surface area contributed by atoms with E-state index < -0.39 is 0 Å². The van der Waals surface area contributed by atoms with Crippen molar-refractivity contribution in [1.29, 1.82) is 0 Å². The second-order valence-corrected chi connectivity index (χ2v) is 4.17. The first-order valence-electron chi connectivity index (χ1n) is 4.49. The first-order valence-corrected chi connectivity index (χ1v) is 5.28. The normalized spacial score (nSPS) is 11.3. The number of benzene rings is 1. The average molecular weight is 253 g/mol. The fraction of sp³-hybridized carbons (Fsp3) is 0. The van der Waals surface area contributed by atoms with Gasteiger partial charge in [0.1, 0.15) is 0 Å². The van der Waals surface area contributed by atoms with Crippen molar-refractivity contribution < 1.29 is 4.42 Å². The molecule has 0 aliphatic rings. The summed E-state index contributed by atoms with van der Waals surface area (Å²) in [5, 5.41) is 1.32. The third-order valence-electron chi connectivity index (χ3n) is 2.35. The number of aromatic amines is 2. The number of H-pyrrole nitrogens is 2. The van der Waals surface area contributed by atoms with Gasteiger partial charge < -0.3 is 14.4 Å². The Morgan fingerprint density at radius 2 is 2.12 bits per heavy atom. The van der Waals surface area contributed by atoms with Crippen molar-refractivity contribution in [3.63, 3.8) is 0 Å². The lowest BCUT2D eigenvalue weighted by Gasteiger charge is -1.98. The summed E-state index contributed by atoms with van der Waals surface area (Å²) in [6.07, 6.45) is 0. The van der Waals surface area contributed by atoms with E-state index in [0.717, 1.165) is 5.39 Å². The number of fused-ring (bicyclic) bond motifs is 3. The summed E-state index contributed by atoms with van der Waals surface area (Å²) in [4.78, 5) is 17.3. The van der Waals surface area contributed by atoms with Gasteiger partial charge in [-0.15, -0.1) is 0 Å². The van der Waals surface area contributed by atoms with Crippen LogP contribution < -0.4 is 5.56 Å². The van der Waals surface area contributed by atoms with Gasteiger partial charge in [0.15, 0.2) is 11.1 Å². The molecule has 16 heavy (non-hydrogen) atoms. The number of halogens is 1. The Labute approximate surface area is 98.9 Å². The molecule has 80 valence electrons. The van der Waals surface area contributed by atoms with E-state index in [1.807, 2.05) is 0 Å². The van der Waals surface area contributed by atoms with Crippen molar-refractivity contribution in [3.8, 4) is 0 Å². The summed E-state index contributed by atoms with van der Waals surface area (Å²) in [7, 11) is 0. The first kappa shape index (κ1) is 9.62. The minimum absolute atomic E-state index is 0.183. The molecule has 0 saturated carbocycles. The molecule has 0 aliphatic carbocycles. The smallest absolute Gasteiger partial charge is 0.276 e. The number of pyridine rings is 1. The van der Waals surface area contributed by atoms with Gasteiger partial charge in [0.2, 0.25) is 0 Å². The minimum Gasteiger partial charge on any atom is -0.428 e.